The smallest absolute Gasteiger partial charge is 0.374 e. The van der Waals surface area contributed by atoms with Gasteiger partial charge in [-0.05, 0) is 68.3 Å². The Labute approximate surface area is 197 Å². The van der Waals surface area contributed by atoms with Crippen molar-refractivity contribution in [3.05, 3.63) is 71.3 Å². The predicted molar refractivity (Wildman–Crippen MR) is 129 cm³/mol. The summed E-state index contributed by atoms with van der Waals surface area (Å²) in [6.45, 7) is 5.74. The van der Waals surface area contributed by atoms with Gasteiger partial charge < -0.3 is 14.6 Å². The number of halogens is 1. The number of rotatable bonds is 3. The number of H-pyrrole nitrogens is 1. The van der Waals surface area contributed by atoms with Crippen molar-refractivity contribution in [2.45, 2.75) is 20.8 Å². The number of hydrogen-bond donors (Lipinski definition) is 2. The minimum absolute atomic E-state index is 0.358. The number of fused-ring (bicyclic) bond motifs is 4. The van der Waals surface area contributed by atoms with Crippen molar-refractivity contribution in [2.24, 2.45) is 0 Å². The van der Waals surface area contributed by atoms with Gasteiger partial charge in [0.25, 0.3) is 0 Å². The van der Waals surface area contributed by atoms with Gasteiger partial charge in [0.2, 0.25) is 5.82 Å². The second kappa shape index (κ2) is 7.42. The molecule has 172 valence electrons. The van der Waals surface area contributed by atoms with E-state index in [4.69, 9.17) is 4.52 Å². The number of carboxylic acids is 1. The van der Waals surface area contributed by atoms with Gasteiger partial charge in [0.05, 0.1) is 22.3 Å². The molecule has 0 radical (unpaired) electrons. The minimum atomic E-state index is -1.26. The first kappa shape index (κ1) is 20.9. The maximum Gasteiger partial charge on any atom is 0.374 e. The van der Waals surface area contributed by atoms with Crippen molar-refractivity contribution in [3.63, 3.8) is 0 Å². The van der Waals surface area contributed by atoms with Crippen molar-refractivity contribution >= 4 is 38.8 Å². The van der Waals surface area contributed by atoms with E-state index in [-0.39, 0.29) is 5.82 Å². The van der Waals surface area contributed by atoms with E-state index in [0.29, 0.717) is 39.0 Å². The van der Waals surface area contributed by atoms with Crippen LogP contribution in [0.4, 0.5) is 4.39 Å². The van der Waals surface area contributed by atoms with E-state index in [0.717, 1.165) is 33.3 Å². The lowest BCUT2D eigenvalue weighted by molar-refractivity contribution is 0.0684. The van der Waals surface area contributed by atoms with Gasteiger partial charge >= 0.3 is 5.97 Å². The Morgan fingerprint density at radius 3 is 2.60 bits per heavy atom. The first-order valence-electron chi connectivity index (χ1n) is 10.9. The number of nitrogens with zero attached hydrogens (tertiary/aromatic N) is 4. The van der Waals surface area contributed by atoms with Crippen LogP contribution >= 0.6 is 0 Å². The highest BCUT2D eigenvalue weighted by atomic mass is 19.1. The molecule has 0 atom stereocenters. The van der Waals surface area contributed by atoms with Crippen LogP contribution in [0, 0.1) is 26.6 Å². The van der Waals surface area contributed by atoms with Gasteiger partial charge in [-0.15, -0.1) is 0 Å². The van der Waals surface area contributed by atoms with Crippen LogP contribution in [0.1, 0.15) is 27.6 Å². The summed E-state index contributed by atoms with van der Waals surface area (Å²) >= 11 is 0. The fourth-order valence-corrected chi connectivity index (χ4v) is 4.70. The van der Waals surface area contributed by atoms with Crippen LogP contribution in [0.5, 0.6) is 0 Å². The average Bonchev–Trinajstić information content (AvgIpc) is 3.35. The molecule has 8 nitrogen and oxygen atoms in total. The summed E-state index contributed by atoms with van der Waals surface area (Å²) in [4.78, 5) is 28.1. The van der Waals surface area contributed by atoms with Crippen LogP contribution < -0.4 is 0 Å². The van der Waals surface area contributed by atoms with Gasteiger partial charge in [0, 0.05) is 33.6 Å². The summed E-state index contributed by atoms with van der Waals surface area (Å²) in [5.41, 5.74) is 6.28. The van der Waals surface area contributed by atoms with E-state index < -0.39 is 11.8 Å². The quantitative estimate of drug-likeness (QED) is 0.340. The zero-order chi connectivity index (χ0) is 24.4. The molecule has 9 heteroatoms. The van der Waals surface area contributed by atoms with Crippen molar-refractivity contribution in [1.29, 1.82) is 0 Å². The molecule has 0 aliphatic rings. The lowest BCUT2D eigenvalue weighted by Gasteiger charge is -2.09. The highest BCUT2D eigenvalue weighted by molar-refractivity contribution is 6.15. The number of hydrogen-bond acceptors (Lipinski definition) is 6. The summed E-state index contributed by atoms with van der Waals surface area (Å²) in [6.07, 6.45) is 1.60. The van der Waals surface area contributed by atoms with Crippen molar-refractivity contribution < 1.29 is 18.8 Å². The highest BCUT2D eigenvalue weighted by Gasteiger charge is 2.22. The molecule has 0 bridgehead atoms. The van der Waals surface area contributed by atoms with Crippen LogP contribution in [-0.4, -0.2) is 36.2 Å². The molecular weight excluding hydrogens is 449 g/mol. The van der Waals surface area contributed by atoms with E-state index in [9.17, 15) is 14.3 Å². The van der Waals surface area contributed by atoms with Gasteiger partial charge in [-0.2, -0.15) is 0 Å². The molecule has 35 heavy (non-hydrogen) atoms. The first-order valence-corrected chi connectivity index (χ1v) is 10.9. The van der Waals surface area contributed by atoms with Crippen molar-refractivity contribution in [2.75, 3.05) is 0 Å². The van der Waals surface area contributed by atoms with E-state index >= 15 is 0 Å². The molecule has 4 aromatic heterocycles. The van der Waals surface area contributed by atoms with Crippen molar-refractivity contribution in [3.8, 4) is 22.4 Å². The SMILES string of the molecule is Cc1cc2c(cc1-c1c(C)noc1C)[nH]c1nc(C(=O)O)nc(-c3ccnc4ccc(F)cc34)c12. The third-order valence-electron chi connectivity index (χ3n) is 6.25. The number of aromatic nitrogens is 5. The Morgan fingerprint density at radius 2 is 1.86 bits per heavy atom. The molecule has 2 N–H and O–H groups in total. The summed E-state index contributed by atoms with van der Waals surface area (Å²) in [6, 6.07) is 9.99. The number of aromatic amines is 1. The van der Waals surface area contributed by atoms with Gasteiger partial charge in [-0.3, -0.25) is 4.98 Å². The lowest BCUT2D eigenvalue weighted by Crippen LogP contribution is -2.05. The molecule has 4 heterocycles. The highest BCUT2D eigenvalue weighted by Crippen LogP contribution is 2.39. The van der Waals surface area contributed by atoms with E-state index in [2.05, 4.69) is 25.1 Å². The molecule has 0 aliphatic carbocycles. The predicted octanol–water partition coefficient (Wildman–Crippen LogP) is 5.74. The maximum atomic E-state index is 14.2. The Balaban J connectivity index is 1.73. The number of benzene rings is 2. The molecule has 0 fully saturated rings. The molecule has 6 rings (SSSR count). The molecule has 0 amide bonds. The molecule has 0 saturated carbocycles. The molecule has 0 spiro atoms. The minimum Gasteiger partial charge on any atom is -0.475 e. The molecule has 0 saturated heterocycles. The fourth-order valence-electron chi connectivity index (χ4n) is 4.70. The van der Waals surface area contributed by atoms with E-state index in [1.807, 2.05) is 32.9 Å². The largest absolute Gasteiger partial charge is 0.475 e. The number of pyridine rings is 1. The van der Waals surface area contributed by atoms with Crippen LogP contribution in [-0.2, 0) is 0 Å². The summed E-state index contributed by atoms with van der Waals surface area (Å²) in [7, 11) is 0. The second-order valence-corrected chi connectivity index (χ2v) is 8.48. The molecule has 2 aromatic carbocycles. The monoisotopic (exact) mass is 467 g/mol. The lowest BCUT2D eigenvalue weighted by atomic mass is 9.96. The zero-order valence-electron chi connectivity index (χ0n) is 19.0. The van der Waals surface area contributed by atoms with Crippen LogP contribution in [0.25, 0.3) is 55.2 Å². The van der Waals surface area contributed by atoms with Crippen LogP contribution in [0.15, 0.2) is 47.1 Å². The van der Waals surface area contributed by atoms with Crippen molar-refractivity contribution in [1.82, 2.24) is 25.1 Å². The Kier molecular flexibility index (Phi) is 4.44. The normalized spacial score (nSPS) is 11.7. The standard InChI is InChI=1S/C26H18FN5O3/c1-11-8-18-20(10-16(11)21-12(2)32-35-13(21)3)29-24-22(18)23(30-25(31-24)26(33)34)15-6-7-28-19-5-4-14(27)9-17(15)19/h4-10H,1-3H3,(H,33,34)(H,29,30,31). The molecule has 0 aliphatic heterocycles. The second-order valence-electron chi connectivity index (χ2n) is 8.48. The van der Waals surface area contributed by atoms with Crippen LogP contribution in [0.3, 0.4) is 0 Å². The van der Waals surface area contributed by atoms with Crippen LogP contribution in [0.2, 0.25) is 0 Å². The van der Waals surface area contributed by atoms with Gasteiger partial charge in [-0.25, -0.2) is 19.2 Å². The maximum absolute atomic E-state index is 14.2. The van der Waals surface area contributed by atoms with E-state index in [1.165, 1.54) is 12.1 Å². The zero-order valence-corrected chi connectivity index (χ0v) is 19.0. The van der Waals surface area contributed by atoms with E-state index in [1.54, 1.807) is 18.3 Å². The Morgan fingerprint density at radius 1 is 1.03 bits per heavy atom. The summed E-state index contributed by atoms with van der Waals surface area (Å²) in [5, 5.41) is 15.8. The summed E-state index contributed by atoms with van der Waals surface area (Å²) in [5.74, 6) is -1.33. The molecule has 6 aromatic rings. The average molecular weight is 467 g/mol. The number of carboxylic acid groups (broad SMARTS) is 1. The summed E-state index contributed by atoms with van der Waals surface area (Å²) < 4.78 is 19.5. The van der Waals surface area contributed by atoms with Gasteiger partial charge in [-0.1, -0.05) is 5.16 Å². The van der Waals surface area contributed by atoms with Gasteiger partial charge in [0.1, 0.15) is 17.2 Å². The topological polar surface area (TPSA) is 118 Å². The number of carbonyl (C=O) groups is 1. The van der Waals surface area contributed by atoms with Gasteiger partial charge in [0.15, 0.2) is 0 Å². The molecular formula is C26H18FN5O3. The number of aromatic carboxylic acids is 1. The Hall–Kier alpha value is -4.66. The number of aryl methyl sites for hydroxylation is 3. The fraction of sp³-hybridized carbons (Fsp3) is 0.115. The third-order valence-corrected chi connectivity index (χ3v) is 6.25. The molecule has 0 unspecified atom stereocenters. The third kappa shape index (κ3) is 3.16. The number of nitrogens with one attached hydrogen (secondary N) is 1. The first-order chi connectivity index (χ1) is 16.8. The Bertz CT molecular complexity index is 1820.